The minimum Gasteiger partial charge on any atom is -0.462 e. The molecule has 0 spiro atoms. The van der Waals surface area contributed by atoms with Crippen LogP contribution < -0.4 is 5.73 Å². The fraction of sp³-hybridized carbons (Fsp3) is 0.620. The van der Waals surface area contributed by atoms with Crippen molar-refractivity contribution in [2.24, 2.45) is 5.73 Å². The molecule has 89 heavy (non-hydrogen) atoms. The van der Waals surface area contributed by atoms with E-state index in [-0.39, 0.29) is 38.6 Å². The van der Waals surface area contributed by atoms with Gasteiger partial charge in [-0.05, 0) is 128 Å². The molecule has 0 saturated heterocycles. The average molecular weight is 1250 g/mol. The number of phosphoric acid groups is 1. The Morgan fingerprint density at radius 2 is 0.584 bits per heavy atom. The lowest BCUT2D eigenvalue weighted by Gasteiger charge is -2.19. The summed E-state index contributed by atoms with van der Waals surface area (Å²) >= 11 is 0. The largest absolute Gasteiger partial charge is 0.472 e. The van der Waals surface area contributed by atoms with Gasteiger partial charge >= 0.3 is 19.8 Å². The molecular weight excluding hydrogens is 1120 g/mol. The van der Waals surface area contributed by atoms with Crippen LogP contribution in [0.1, 0.15) is 284 Å². The number of nitrogens with two attached hydrogens (primary N) is 1. The molecule has 0 fully saturated rings. The number of phosphoric ester groups is 1. The number of carbonyl (C=O) groups excluding carboxylic acids is 2. The van der Waals surface area contributed by atoms with E-state index in [9.17, 15) is 19.0 Å². The van der Waals surface area contributed by atoms with Gasteiger partial charge in [0.15, 0.2) is 6.10 Å². The lowest BCUT2D eigenvalue weighted by molar-refractivity contribution is -0.161. The Morgan fingerprint density at radius 3 is 0.865 bits per heavy atom. The van der Waals surface area contributed by atoms with Crippen LogP contribution in [0.2, 0.25) is 0 Å². The summed E-state index contributed by atoms with van der Waals surface area (Å²) in [6, 6.07) is 0. The lowest BCUT2D eigenvalue weighted by atomic mass is 10.0. The van der Waals surface area contributed by atoms with Gasteiger partial charge in [-0.1, -0.05) is 312 Å². The number of rotatable bonds is 65. The highest BCUT2D eigenvalue weighted by molar-refractivity contribution is 7.47. The van der Waals surface area contributed by atoms with Gasteiger partial charge in [0.25, 0.3) is 0 Å². The predicted octanol–water partition coefficient (Wildman–Crippen LogP) is 23.7. The van der Waals surface area contributed by atoms with Crippen LogP contribution in [-0.2, 0) is 32.7 Å². The first kappa shape index (κ1) is 84.4. The Hall–Kier alpha value is -4.63. The summed E-state index contributed by atoms with van der Waals surface area (Å²) in [6.07, 6.45) is 107. The van der Waals surface area contributed by atoms with Crippen molar-refractivity contribution in [2.45, 2.75) is 290 Å². The first-order valence-corrected chi connectivity index (χ1v) is 37.1. The molecule has 0 heterocycles. The third-order valence-electron chi connectivity index (χ3n) is 14.6. The minimum atomic E-state index is -4.41. The second kappa shape index (κ2) is 72.4. The molecule has 10 heteroatoms. The maximum atomic E-state index is 12.8. The Labute approximate surface area is 546 Å². The summed E-state index contributed by atoms with van der Waals surface area (Å²) in [5, 5.41) is 0. The molecular formula is C79H130NO8P. The predicted molar refractivity (Wildman–Crippen MR) is 385 cm³/mol. The summed E-state index contributed by atoms with van der Waals surface area (Å²) in [4.78, 5) is 35.4. The van der Waals surface area contributed by atoms with Crippen LogP contribution in [0.25, 0.3) is 0 Å². The van der Waals surface area contributed by atoms with E-state index in [1.54, 1.807) is 0 Å². The second-order valence-electron chi connectivity index (χ2n) is 23.0. The highest BCUT2D eigenvalue weighted by Crippen LogP contribution is 2.43. The lowest BCUT2D eigenvalue weighted by Crippen LogP contribution is -2.29. The number of ether oxygens (including phenoxy) is 2. The smallest absolute Gasteiger partial charge is 0.462 e. The number of carbonyl (C=O) groups is 2. The van der Waals surface area contributed by atoms with E-state index in [1.165, 1.54) is 116 Å². The highest BCUT2D eigenvalue weighted by Gasteiger charge is 2.26. The van der Waals surface area contributed by atoms with Gasteiger partial charge < -0.3 is 20.1 Å². The maximum absolute atomic E-state index is 12.8. The number of allylic oxidation sites excluding steroid dienone is 28. The van der Waals surface area contributed by atoms with Gasteiger partial charge in [0, 0.05) is 19.4 Å². The van der Waals surface area contributed by atoms with Crippen LogP contribution in [0.15, 0.2) is 170 Å². The van der Waals surface area contributed by atoms with Crippen LogP contribution in [0.4, 0.5) is 0 Å². The summed E-state index contributed by atoms with van der Waals surface area (Å²) < 4.78 is 33.2. The second-order valence-corrected chi connectivity index (χ2v) is 24.4. The Morgan fingerprint density at radius 1 is 0.337 bits per heavy atom. The average Bonchev–Trinajstić information content (AvgIpc) is 3.68. The van der Waals surface area contributed by atoms with Gasteiger partial charge in [0.1, 0.15) is 6.61 Å². The van der Waals surface area contributed by atoms with Crippen molar-refractivity contribution in [3.63, 3.8) is 0 Å². The molecule has 0 aliphatic rings. The third kappa shape index (κ3) is 72.3. The number of hydrogen-bond acceptors (Lipinski definition) is 8. The van der Waals surface area contributed by atoms with Crippen molar-refractivity contribution in [1.82, 2.24) is 0 Å². The van der Waals surface area contributed by atoms with Gasteiger partial charge in [-0.15, -0.1) is 0 Å². The van der Waals surface area contributed by atoms with Crippen LogP contribution in [0.3, 0.4) is 0 Å². The monoisotopic (exact) mass is 1250 g/mol. The third-order valence-corrected chi connectivity index (χ3v) is 15.6. The SMILES string of the molecule is CC/C=C\C/C=C\C/C=C\C/C=C\C/C=C\C/C=C\C/C=C\C/C=C\C/C=C\CCCCCCCCCCCC(=O)OC(COC(=O)CCCCCCCCCCCCCCCCC/C=C\C/C=C\C/C=C\C/C=C\C/C=C\CC)COP(=O)(O)OCCN. The molecule has 0 amide bonds. The molecule has 0 bridgehead atoms. The minimum absolute atomic E-state index is 0.0450. The van der Waals surface area contributed by atoms with Crippen molar-refractivity contribution < 1.29 is 37.6 Å². The van der Waals surface area contributed by atoms with E-state index in [0.717, 1.165) is 135 Å². The molecule has 0 radical (unpaired) electrons. The fourth-order valence-corrected chi connectivity index (χ4v) is 10.2. The molecule has 0 rings (SSSR count). The van der Waals surface area contributed by atoms with Gasteiger partial charge in [-0.25, -0.2) is 4.57 Å². The van der Waals surface area contributed by atoms with E-state index in [0.29, 0.717) is 6.42 Å². The molecule has 9 nitrogen and oxygen atoms in total. The molecule has 3 N–H and O–H groups in total. The van der Waals surface area contributed by atoms with E-state index in [4.69, 9.17) is 24.3 Å². The molecule has 0 aromatic rings. The fourth-order valence-electron chi connectivity index (χ4n) is 9.42. The zero-order valence-electron chi connectivity index (χ0n) is 56.6. The molecule has 504 valence electrons. The van der Waals surface area contributed by atoms with Crippen molar-refractivity contribution in [2.75, 3.05) is 26.4 Å². The summed E-state index contributed by atoms with van der Waals surface area (Å²) in [5.41, 5.74) is 5.40. The van der Waals surface area contributed by atoms with E-state index >= 15 is 0 Å². The quantitative estimate of drug-likeness (QED) is 0.0264. The summed E-state index contributed by atoms with van der Waals surface area (Å²) in [7, 11) is -4.41. The van der Waals surface area contributed by atoms with E-state index in [1.807, 2.05) is 0 Å². The van der Waals surface area contributed by atoms with Crippen molar-refractivity contribution in [3.05, 3.63) is 170 Å². The summed E-state index contributed by atoms with van der Waals surface area (Å²) in [6.45, 7) is 3.51. The van der Waals surface area contributed by atoms with Crippen molar-refractivity contribution >= 4 is 19.8 Å². The number of hydrogen-bond donors (Lipinski definition) is 2. The standard InChI is InChI=1S/C79H130NO8P/c1-3-5-7-9-11-13-15-17-19-21-23-25-27-29-31-33-35-36-37-38-39-40-42-44-46-48-50-52-54-56-58-60-62-64-66-68-70-72-79(82)88-77(76-87-89(83,84)86-74-73-80)75-85-78(81)71-69-67-65-63-61-59-57-55-53-51-49-47-45-43-41-34-32-30-28-26-24-22-20-18-16-14-12-10-8-6-4-2/h5-8,11-14,17-20,23-26,29-32,35-36,38-39,42,44,48,50,77H,3-4,9-10,15-16,21-22,27-28,33-34,37,40-41,43,45-47,49,51-76,80H2,1-2H3,(H,83,84)/b7-5-,8-6-,13-11-,14-12-,19-17-,20-18-,25-23-,26-24-,31-29-,32-30-,36-35-,39-38-,44-42-,50-48-. The summed E-state index contributed by atoms with van der Waals surface area (Å²) in [5.74, 6) is -0.839. The van der Waals surface area contributed by atoms with Crippen LogP contribution >= 0.6 is 7.82 Å². The molecule has 0 aliphatic heterocycles. The van der Waals surface area contributed by atoms with Crippen LogP contribution in [0, 0.1) is 0 Å². The first-order chi connectivity index (χ1) is 43.8. The van der Waals surface area contributed by atoms with E-state index < -0.39 is 26.5 Å². The van der Waals surface area contributed by atoms with Crippen molar-refractivity contribution in [1.29, 1.82) is 0 Å². The molecule has 0 saturated carbocycles. The molecule has 2 unspecified atom stereocenters. The van der Waals surface area contributed by atoms with Gasteiger partial charge in [0.05, 0.1) is 13.2 Å². The number of unbranched alkanes of at least 4 members (excludes halogenated alkanes) is 24. The zero-order chi connectivity index (χ0) is 64.4. The normalized spacial score (nSPS) is 14.0. The van der Waals surface area contributed by atoms with Gasteiger partial charge in [-0.3, -0.25) is 18.6 Å². The molecule has 0 aromatic carbocycles. The topological polar surface area (TPSA) is 134 Å². The Kier molecular flexibility index (Phi) is 68.7. The van der Waals surface area contributed by atoms with Gasteiger partial charge in [-0.2, -0.15) is 0 Å². The van der Waals surface area contributed by atoms with E-state index in [2.05, 4.69) is 184 Å². The molecule has 0 aromatic heterocycles. The van der Waals surface area contributed by atoms with Crippen molar-refractivity contribution in [3.8, 4) is 0 Å². The van der Waals surface area contributed by atoms with Crippen LogP contribution in [0.5, 0.6) is 0 Å². The van der Waals surface area contributed by atoms with Gasteiger partial charge in [0.2, 0.25) is 0 Å². The first-order valence-electron chi connectivity index (χ1n) is 35.6. The molecule has 2 atom stereocenters. The maximum Gasteiger partial charge on any atom is 0.472 e. The Balaban J connectivity index is 3.95. The highest BCUT2D eigenvalue weighted by atomic mass is 31.2. The van der Waals surface area contributed by atoms with Crippen LogP contribution in [-0.4, -0.2) is 49.3 Å². The Bertz CT molecular complexity index is 2070. The zero-order valence-corrected chi connectivity index (χ0v) is 57.5. The number of esters is 2. The molecule has 0 aliphatic carbocycles.